The molecule has 6 nitrogen and oxygen atoms in total. The lowest BCUT2D eigenvalue weighted by atomic mass is 10.1. The average molecular weight is 339 g/mol. The minimum absolute atomic E-state index is 0.0521. The van der Waals surface area contributed by atoms with E-state index in [0.717, 1.165) is 30.3 Å². The summed E-state index contributed by atoms with van der Waals surface area (Å²) in [5.41, 5.74) is 1.56. The zero-order valence-electron chi connectivity index (χ0n) is 14.7. The molecule has 2 aliphatic rings. The molecule has 1 atom stereocenters. The van der Waals surface area contributed by atoms with Crippen LogP contribution in [0, 0.1) is 0 Å². The minimum Gasteiger partial charge on any atom is -0.332 e. The van der Waals surface area contributed by atoms with Crippen molar-refractivity contribution in [3.8, 4) is 0 Å². The topological polar surface area (TPSA) is 63.1 Å². The van der Waals surface area contributed by atoms with Gasteiger partial charge in [-0.2, -0.15) is 0 Å². The number of carbonyl (C=O) groups excluding carboxylic acids is 1. The van der Waals surface area contributed by atoms with Gasteiger partial charge in [0.05, 0.1) is 30.0 Å². The number of carbonyl (C=O) groups is 1. The molecule has 0 aromatic carbocycles. The fourth-order valence-electron chi connectivity index (χ4n) is 4.19. The van der Waals surface area contributed by atoms with Gasteiger partial charge < -0.3 is 9.88 Å². The summed E-state index contributed by atoms with van der Waals surface area (Å²) in [6.45, 7) is 4.29. The van der Waals surface area contributed by atoms with Crippen LogP contribution < -0.4 is 5.32 Å². The summed E-state index contributed by atoms with van der Waals surface area (Å²) in [7, 11) is 0. The van der Waals surface area contributed by atoms with E-state index in [2.05, 4.69) is 26.7 Å². The summed E-state index contributed by atoms with van der Waals surface area (Å²) in [6.07, 6.45) is 11.0. The van der Waals surface area contributed by atoms with Crippen LogP contribution in [0.15, 0.2) is 30.7 Å². The van der Waals surface area contributed by atoms with E-state index in [9.17, 15) is 4.79 Å². The predicted molar refractivity (Wildman–Crippen MR) is 96.2 cm³/mol. The summed E-state index contributed by atoms with van der Waals surface area (Å²) in [5.74, 6) is 1.05. The van der Waals surface area contributed by atoms with Gasteiger partial charge in [-0.15, -0.1) is 0 Å². The maximum atomic E-state index is 12.3. The molecule has 2 aromatic heterocycles. The molecule has 6 heteroatoms. The van der Waals surface area contributed by atoms with Crippen molar-refractivity contribution in [2.24, 2.45) is 0 Å². The number of rotatable bonds is 4. The Labute approximate surface area is 148 Å². The number of anilines is 1. The molecule has 0 saturated heterocycles. The van der Waals surface area contributed by atoms with E-state index >= 15 is 0 Å². The van der Waals surface area contributed by atoms with Gasteiger partial charge in [-0.3, -0.25) is 14.7 Å². The number of nitrogens with one attached hydrogen (secondary N) is 1. The monoisotopic (exact) mass is 339 g/mol. The van der Waals surface area contributed by atoms with Crippen molar-refractivity contribution in [2.75, 3.05) is 11.9 Å². The summed E-state index contributed by atoms with van der Waals surface area (Å²) in [5, 5.41) is 2.87. The van der Waals surface area contributed by atoms with Gasteiger partial charge in [-0.25, -0.2) is 4.98 Å². The zero-order valence-corrected chi connectivity index (χ0v) is 14.7. The number of pyridine rings is 1. The molecule has 4 rings (SSSR count). The molecule has 0 radical (unpaired) electrons. The number of hydrogen-bond donors (Lipinski definition) is 1. The summed E-state index contributed by atoms with van der Waals surface area (Å²) >= 11 is 0. The molecule has 1 fully saturated rings. The Morgan fingerprint density at radius 2 is 2.16 bits per heavy atom. The van der Waals surface area contributed by atoms with E-state index in [4.69, 9.17) is 4.98 Å². The summed E-state index contributed by atoms with van der Waals surface area (Å²) in [6, 6.07) is 4.68. The average Bonchev–Trinajstić information content (AvgIpc) is 3.26. The standard InChI is InChI=1S/C19H25N5O/c1-14-19-22-16(11-18(25)21-15-5-4-8-20-12-15)13-23(19)9-10-24(14)17-6-2-3-7-17/h4-5,8,12-14,17H,2-3,6-7,9-11H2,1H3,(H,21,25)/t14-/m0/s1. The van der Waals surface area contributed by atoms with Gasteiger partial charge in [-0.1, -0.05) is 12.8 Å². The molecule has 1 amide bonds. The Hall–Kier alpha value is -2.21. The second-order valence-corrected chi connectivity index (χ2v) is 7.10. The third-order valence-electron chi connectivity index (χ3n) is 5.41. The lowest BCUT2D eigenvalue weighted by Gasteiger charge is -2.38. The fourth-order valence-corrected chi connectivity index (χ4v) is 4.19. The zero-order chi connectivity index (χ0) is 17.2. The van der Waals surface area contributed by atoms with Gasteiger partial charge in [0.15, 0.2) is 0 Å². The van der Waals surface area contributed by atoms with Crippen molar-refractivity contribution in [2.45, 2.75) is 57.7 Å². The van der Waals surface area contributed by atoms with Crippen molar-refractivity contribution in [3.63, 3.8) is 0 Å². The Bertz CT molecular complexity index is 736. The maximum absolute atomic E-state index is 12.3. The lowest BCUT2D eigenvalue weighted by molar-refractivity contribution is -0.115. The highest BCUT2D eigenvalue weighted by Crippen LogP contribution is 2.33. The van der Waals surface area contributed by atoms with E-state index in [1.54, 1.807) is 12.4 Å². The normalized spacial score (nSPS) is 21.2. The number of hydrogen-bond acceptors (Lipinski definition) is 4. The molecule has 132 valence electrons. The van der Waals surface area contributed by atoms with E-state index in [1.807, 2.05) is 18.3 Å². The Morgan fingerprint density at radius 3 is 2.92 bits per heavy atom. The van der Waals surface area contributed by atoms with Crippen LogP contribution in [0.1, 0.15) is 50.2 Å². The number of aromatic nitrogens is 3. The first-order valence-corrected chi connectivity index (χ1v) is 9.22. The molecular formula is C19H25N5O. The smallest absolute Gasteiger partial charge is 0.230 e. The van der Waals surface area contributed by atoms with E-state index in [-0.39, 0.29) is 5.91 Å². The molecule has 0 bridgehead atoms. The van der Waals surface area contributed by atoms with Crippen LogP contribution in [-0.2, 0) is 17.8 Å². The Kier molecular flexibility index (Phi) is 4.53. The van der Waals surface area contributed by atoms with Crippen molar-refractivity contribution >= 4 is 11.6 Å². The second kappa shape index (κ2) is 6.96. The van der Waals surface area contributed by atoms with Crippen LogP contribution in [0.25, 0.3) is 0 Å². The van der Waals surface area contributed by atoms with Crippen molar-refractivity contribution < 1.29 is 4.79 Å². The highest BCUT2D eigenvalue weighted by Gasteiger charge is 2.32. The van der Waals surface area contributed by atoms with Crippen LogP contribution in [0.4, 0.5) is 5.69 Å². The maximum Gasteiger partial charge on any atom is 0.230 e. The molecule has 25 heavy (non-hydrogen) atoms. The number of imidazole rings is 1. The summed E-state index contributed by atoms with van der Waals surface area (Å²) < 4.78 is 2.23. The molecule has 3 heterocycles. The minimum atomic E-state index is -0.0521. The first kappa shape index (κ1) is 16.3. The first-order chi connectivity index (χ1) is 12.2. The Balaban J connectivity index is 1.43. The lowest BCUT2D eigenvalue weighted by Crippen LogP contribution is -2.42. The van der Waals surface area contributed by atoms with Gasteiger partial charge in [0, 0.05) is 31.5 Å². The number of amides is 1. The van der Waals surface area contributed by atoms with Crippen LogP contribution >= 0.6 is 0 Å². The molecular weight excluding hydrogens is 314 g/mol. The molecule has 0 unspecified atom stereocenters. The highest BCUT2D eigenvalue weighted by molar-refractivity contribution is 5.91. The van der Waals surface area contributed by atoms with Crippen molar-refractivity contribution in [3.05, 3.63) is 42.2 Å². The molecule has 0 spiro atoms. The molecule has 1 N–H and O–H groups in total. The third-order valence-corrected chi connectivity index (χ3v) is 5.41. The van der Waals surface area contributed by atoms with Crippen LogP contribution in [0.5, 0.6) is 0 Å². The van der Waals surface area contributed by atoms with E-state index in [0.29, 0.717) is 18.5 Å². The first-order valence-electron chi connectivity index (χ1n) is 9.22. The molecule has 2 aromatic rings. The number of fused-ring (bicyclic) bond motifs is 1. The largest absolute Gasteiger partial charge is 0.332 e. The quantitative estimate of drug-likeness (QED) is 0.930. The number of nitrogens with zero attached hydrogens (tertiary/aromatic N) is 4. The third kappa shape index (κ3) is 3.44. The van der Waals surface area contributed by atoms with E-state index < -0.39 is 0 Å². The molecule has 1 saturated carbocycles. The van der Waals surface area contributed by atoms with Gasteiger partial charge in [0.2, 0.25) is 5.91 Å². The SMILES string of the molecule is C[C@H]1c2nc(CC(=O)Nc3cccnc3)cn2CCN1C1CCCC1. The predicted octanol–water partition coefficient (Wildman–Crippen LogP) is 2.78. The van der Waals surface area contributed by atoms with Crippen LogP contribution in [0.2, 0.25) is 0 Å². The van der Waals surface area contributed by atoms with Crippen LogP contribution in [-0.4, -0.2) is 37.9 Å². The molecule has 1 aliphatic carbocycles. The highest BCUT2D eigenvalue weighted by atomic mass is 16.1. The second-order valence-electron chi connectivity index (χ2n) is 7.10. The fraction of sp³-hybridized carbons (Fsp3) is 0.526. The van der Waals surface area contributed by atoms with Crippen LogP contribution in [0.3, 0.4) is 0 Å². The van der Waals surface area contributed by atoms with Gasteiger partial charge in [-0.05, 0) is 31.9 Å². The van der Waals surface area contributed by atoms with Gasteiger partial charge in [0.25, 0.3) is 0 Å². The van der Waals surface area contributed by atoms with Gasteiger partial charge in [0.1, 0.15) is 5.82 Å². The van der Waals surface area contributed by atoms with Crippen molar-refractivity contribution in [1.82, 2.24) is 19.4 Å². The van der Waals surface area contributed by atoms with Crippen molar-refractivity contribution in [1.29, 1.82) is 0 Å². The Morgan fingerprint density at radius 1 is 1.32 bits per heavy atom. The van der Waals surface area contributed by atoms with E-state index in [1.165, 1.54) is 25.7 Å². The summed E-state index contributed by atoms with van der Waals surface area (Å²) in [4.78, 5) is 23.7. The molecule has 1 aliphatic heterocycles. The van der Waals surface area contributed by atoms with Gasteiger partial charge >= 0.3 is 0 Å².